The van der Waals surface area contributed by atoms with Crippen molar-refractivity contribution in [2.24, 2.45) is 0 Å². The Balaban J connectivity index is 0.000000354. The molecule has 2 aromatic heterocycles. The molecule has 3 aliphatic rings. The molecule has 0 aromatic carbocycles. The second-order valence-corrected chi connectivity index (χ2v) is 9.92. The molecular weight excluding hydrogens is 540 g/mol. The molecule has 0 spiro atoms. The van der Waals surface area contributed by atoms with Crippen LogP contribution in [0.25, 0.3) is 5.65 Å². The van der Waals surface area contributed by atoms with Crippen LogP contribution in [0.3, 0.4) is 0 Å². The van der Waals surface area contributed by atoms with Gasteiger partial charge < -0.3 is 10.6 Å². The van der Waals surface area contributed by atoms with Crippen LogP contribution in [0.5, 0.6) is 0 Å². The van der Waals surface area contributed by atoms with Crippen LogP contribution in [0.4, 0.5) is 26.3 Å². The molecule has 0 saturated heterocycles. The van der Waals surface area contributed by atoms with Crippen LogP contribution in [0.15, 0.2) is 18.5 Å². The van der Waals surface area contributed by atoms with E-state index in [9.17, 15) is 35.9 Å². The maximum absolute atomic E-state index is 13.6. The quantitative estimate of drug-likeness (QED) is 0.363. The van der Waals surface area contributed by atoms with E-state index in [1.165, 1.54) is 30.0 Å². The molecule has 2 N–H and O–H groups in total. The molecule has 2 amide bonds. The standard InChI is InChI=1S/C16H17F4N5O2.C6H10F2.C3H6.C2H6/c17-15(3-4-15)14(27)22-8-11-9-25-12(24-11)5-10(7-23-25)6-21-13(26)1-2-16(18,19)20;7-6(8)4-2-1-3-5-6;1-2-3-1;1-2/h5,7,9H,1-4,6,8H2,(H,21,26)(H,22,27);1-5H2;1-3H2;1-2H3. The van der Waals surface area contributed by atoms with Gasteiger partial charge in [0.1, 0.15) is 0 Å². The Bertz CT molecular complexity index is 1070. The predicted octanol–water partition coefficient (Wildman–Crippen LogP) is 6.59. The number of fused-ring (bicyclic) bond motifs is 1. The zero-order valence-corrected chi connectivity index (χ0v) is 23.1. The normalized spacial score (nSPS) is 18.0. The van der Waals surface area contributed by atoms with Gasteiger partial charge in [-0.05, 0) is 37.3 Å². The van der Waals surface area contributed by atoms with Crippen molar-refractivity contribution in [1.82, 2.24) is 25.2 Å². The summed E-state index contributed by atoms with van der Waals surface area (Å²) in [5.74, 6) is -3.69. The van der Waals surface area contributed by atoms with Crippen molar-refractivity contribution in [3.05, 3.63) is 29.7 Å². The first kappa shape index (κ1) is 33.3. The SMILES string of the molecule is C1CC1.CC.FC1(F)CCCCC1.O=C(CCC(F)(F)F)NCc1cnn2cc(CNC(=O)C3(F)CC3)nc2c1. The average molecular weight is 580 g/mol. The lowest BCUT2D eigenvalue weighted by atomic mass is 9.97. The number of halogens is 6. The highest BCUT2D eigenvalue weighted by Crippen LogP contribution is 2.39. The molecule has 0 radical (unpaired) electrons. The number of nitrogens with zero attached hydrogens (tertiary/aromatic N) is 3. The number of hydrogen-bond donors (Lipinski definition) is 2. The second-order valence-electron chi connectivity index (χ2n) is 9.92. The number of hydrogen-bond acceptors (Lipinski definition) is 4. The van der Waals surface area contributed by atoms with E-state index in [2.05, 4.69) is 20.7 Å². The van der Waals surface area contributed by atoms with Gasteiger partial charge in [-0.25, -0.2) is 22.7 Å². The molecule has 0 bridgehead atoms. The molecule has 3 fully saturated rings. The van der Waals surface area contributed by atoms with Gasteiger partial charge in [0, 0.05) is 25.8 Å². The average Bonchev–Trinajstić information content (AvgIpc) is 3.85. The third-order valence-corrected chi connectivity index (χ3v) is 6.02. The highest BCUT2D eigenvalue weighted by Gasteiger charge is 2.50. The van der Waals surface area contributed by atoms with Crippen molar-refractivity contribution >= 4 is 17.5 Å². The van der Waals surface area contributed by atoms with E-state index in [1.54, 1.807) is 12.3 Å². The number of imidazole rings is 1. The van der Waals surface area contributed by atoms with Crippen molar-refractivity contribution < 1.29 is 35.9 Å². The van der Waals surface area contributed by atoms with E-state index in [0.29, 0.717) is 29.7 Å². The Hall–Kier alpha value is -2.86. The summed E-state index contributed by atoms with van der Waals surface area (Å²) < 4.78 is 75.7. The molecule has 0 atom stereocenters. The van der Waals surface area contributed by atoms with Crippen LogP contribution >= 0.6 is 0 Å². The third-order valence-electron chi connectivity index (χ3n) is 6.02. The fourth-order valence-corrected chi connectivity index (χ4v) is 3.43. The summed E-state index contributed by atoms with van der Waals surface area (Å²) in [7, 11) is 0. The predicted molar refractivity (Wildman–Crippen MR) is 138 cm³/mol. The van der Waals surface area contributed by atoms with E-state index >= 15 is 0 Å². The van der Waals surface area contributed by atoms with Gasteiger partial charge in [-0.3, -0.25) is 9.59 Å². The van der Waals surface area contributed by atoms with Crippen molar-refractivity contribution in [3.63, 3.8) is 0 Å². The van der Waals surface area contributed by atoms with Gasteiger partial charge in [-0.1, -0.05) is 39.5 Å². The molecule has 5 rings (SSSR count). The van der Waals surface area contributed by atoms with Gasteiger partial charge >= 0.3 is 6.18 Å². The number of carbonyl (C=O) groups excluding carboxylic acids is 2. The smallest absolute Gasteiger partial charge is 0.352 e. The first-order valence-electron chi connectivity index (χ1n) is 13.9. The third kappa shape index (κ3) is 13.0. The van der Waals surface area contributed by atoms with Crippen LogP contribution in [0, 0.1) is 0 Å². The van der Waals surface area contributed by atoms with Gasteiger partial charge in [0.15, 0.2) is 11.3 Å². The molecule has 2 aromatic rings. The molecule has 2 heterocycles. The molecule has 40 heavy (non-hydrogen) atoms. The fraction of sp³-hybridized carbons (Fsp3) is 0.704. The highest BCUT2D eigenvalue weighted by atomic mass is 19.4. The fourth-order valence-electron chi connectivity index (χ4n) is 3.43. The largest absolute Gasteiger partial charge is 0.389 e. The Morgan fingerprint density at radius 3 is 2.02 bits per heavy atom. The molecule has 13 heteroatoms. The monoisotopic (exact) mass is 579 g/mol. The Morgan fingerprint density at radius 1 is 0.925 bits per heavy atom. The van der Waals surface area contributed by atoms with Crippen molar-refractivity contribution in [1.29, 1.82) is 0 Å². The first-order valence-corrected chi connectivity index (χ1v) is 13.9. The van der Waals surface area contributed by atoms with E-state index in [1.807, 2.05) is 13.8 Å². The van der Waals surface area contributed by atoms with E-state index in [4.69, 9.17) is 0 Å². The summed E-state index contributed by atoms with van der Waals surface area (Å²) in [6, 6.07) is 1.61. The maximum atomic E-state index is 13.6. The highest BCUT2D eigenvalue weighted by molar-refractivity contribution is 5.87. The summed E-state index contributed by atoms with van der Waals surface area (Å²) in [4.78, 5) is 27.3. The van der Waals surface area contributed by atoms with E-state index in [0.717, 1.165) is 6.42 Å². The zero-order valence-electron chi connectivity index (χ0n) is 23.1. The van der Waals surface area contributed by atoms with Gasteiger partial charge in [0.05, 0.1) is 31.1 Å². The van der Waals surface area contributed by atoms with E-state index in [-0.39, 0.29) is 38.8 Å². The minimum Gasteiger partial charge on any atom is -0.352 e. The molecule has 3 saturated carbocycles. The lowest BCUT2D eigenvalue weighted by molar-refractivity contribution is -0.144. The Kier molecular flexibility index (Phi) is 12.7. The number of nitrogens with one attached hydrogen (secondary N) is 2. The topological polar surface area (TPSA) is 88.4 Å². The summed E-state index contributed by atoms with van der Waals surface area (Å²) in [6.07, 6.45) is 4.44. The lowest BCUT2D eigenvalue weighted by Gasteiger charge is -2.20. The van der Waals surface area contributed by atoms with Crippen LogP contribution in [-0.4, -0.2) is 44.2 Å². The maximum Gasteiger partial charge on any atom is 0.389 e. The van der Waals surface area contributed by atoms with Crippen LogP contribution in [0.2, 0.25) is 0 Å². The van der Waals surface area contributed by atoms with Gasteiger partial charge in [0.2, 0.25) is 11.8 Å². The van der Waals surface area contributed by atoms with Crippen molar-refractivity contribution in [2.75, 3.05) is 0 Å². The summed E-state index contributed by atoms with van der Waals surface area (Å²) in [5, 5.41) is 8.96. The van der Waals surface area contributed by atoms with Gasteiger partial charge in [-0.15, -0.1) is 0 Å². The minimum absolute atomic E-state index is 0.0174. The summed E-state index contributed by atoms with van der Waals surface area (Å²) in [6.45, 7) is 4.07. The van der Waals surface area contributed by atoms with Crippen molar-refractivity contribution in [2.45, 2.75) is 122 Å². The molecule has 226 valence electrons. The number of amides is 2. The number of carbonyl (C=O) groups is 2. The van der Waals surface area contributed by atoms with E-state index < -0.39 is 42.4 Å². The van der Waals surface area contributed by atoms with Crippen molar-refractivity contribution in [3.8, 4) is 0 Å². The number of rotatable bonds is 7. The van der Waals surface area contributed by atoms with Crippen LogP contribution < -0.4 is 10.6 Å². The van der Waals surface area contributed by atoms with Gasteiger partial charge in [-0.2, -0.15) is 18.3 Å². The molecule has 3 aliphatic carbocycles. The van der Waals surface area contributed by atoms with Gasteiger partial charge in [0.25, 0.3) is 5.91 Å². The lowest BCUT2D eigenvalue weighted by Crippen LogP contribution is -2.32. The second kappa shape index (κ2) is 15.2. The summed E-state index contributed by atoms with van der Waals surface area (Å²) >= 11 is 0. The van der Waals surface area contributed by atoms with Crippen LogP contribution in [0.1, 0.15) is 102 Å². The summed E-state index contributed by atoms with van der Waals surface area (Å²) in [5.41, 5.74) is -0.284. The molecular formula is C27H39F6N5O2. The molecule has 0 aliphatic heterocycles. The Labute approximate surface area is 230 Å². The number of aromatic nitrogens is 3. The molecule has 0 unspecified atom stereocenters. The Morgan fingerprint density at radius 2 is 1.52 bits per heavy atom. The first-order chi connectivity index (χ1) is 18.9. The molecule has 7 nitrogen and oxygen atoms in total. The zero-order chi connectivity index (χ0) is 29.8. The minimum atomic E-state index is -4.37. The van der Waals surface area contributed by atoms with Crippen LogP contribution in [-0.2, 0) is 22.7 Å². The number of alkyl halides is 6.